The maximum absolute atomic E-state index is 12.2. The molecular weight excluding hydrogens is 133 g/mol. The number of nitrogens with one attached hydrogen (secondary N) is 1. The number of hydrogen-bond donors (Lipinski definition) is 1. The Balaban J connectivity index is 2.46. The van der Waals surface area contributed by atoms with Crippen LogP contribution in [-0.2, 0) is 4.79 Å². The molecule has 0 aromatic rings. The average molecular weight is 145 g/mol. The van der Waals surface area contributed by atoms with Gasteiger partial charge in [0.05, 0.1) is 6.67 Å². The highest BCUT2D eigenvalue weighted by atomic mass is 19.1. The molecule has 1 saturated heterocycles. The second-order valence-electron chi connectivity index (χ2n) is 3.22. The van der Waals surface area contributed by atoms with Crippen molar-refractivity contribution in [3.05, 3.63) is 0 Å². The normalized spacial score (nSPS) is 33.6. The summed E-state index contributed by atoms with van der Waals surface area (Å²) < 4.78 is 12.2. The molecule has 1 amide bonds. The Morgan fingerprint density at radius 2 is 2.50 bits per heavy atom. The zero-order valence-electron chi connectivity index (χ0n) is 6.11. The predicted molar refractivity (Wildman–Crippen MR) is 36.3 cm³/mol. The van der Waals surface area contributed by atoms with Crippen molar-refractivity contribution in [1.82, 2.24) is 5.32 Å². The standard InChI is InChI=1S/C7H12FNO/c1-7(4-8)3-2-6(10)9-5-7/h2-5H2,1H3,(H,9,10). The summed E-state index contributed by atoms with van der Waals surface area (Å²) in [6.07, 6.45) is 1.15. The largest absolute Gasteiger partial charge is 0.355 e. The summed E-state index contributed by atoms with van der Waals surface area (Å²) in [5, 5.41) is 2.64. The number of amides is 1. The van der Waals surface area contributed by atoms with Crippen LogP contribution in [0.15, 0.2) is 0 Å². The van der Waals surface area contributed by atoms with Gasteiger partial charge < -0.3 is 5.32 Å². The zero-order valence-corrected chi connectivity index (χ0v) is 6.11. The average Bonchev–Trinajstić information content (AvgIpc) is 1.96. The van der Waals surface area contributed by atoms with E-state index in [0.717, 1.165) is 0 Å². The third-order valence-electron chi connectivity index (χ3n) is 1.99. The van der Waals surface area contributed by atoms with Crippen LogP contribution in [0.3, 0.4) is 0 Å². The highest BCUT2D eigenvalue weighted by Crippen LogP contribution is 2.25. The number of alkyl halides is 1. The van der Waals surface area contributed by atoms with Gasteiger partial charge in [-0.05, 0) is 6.42 Å². The Kier molecular flexibility index (Phi) is 1.92. The van der Waals surface area contributed by atoms with Crippen LogP contribution in [-0.4, -0.2) is 19.1 Å². The van der Waals surface area contributed by atoms with Crippen LogP contribution in [0.25, 0.3) is 0 Å². The summed E-state index contributed by atoms with van der Waals surface area (Å²) in [6, 6.07) is 0. The fraction of sp³-hybridized carbons (Fsp3) is 0.857. The van der Waals surface area contributed by atoms with Crippen LogP contribution >= 0.6 is 0 Å². The molecule has 1 aliphatic heterocycles. The molecule has 1 N–H and O–H groups in total. The van der Waals surface area contributed by atoms with Gasteiger partial charge in [-0.1, -0.05) is 6.92 Å². The molecular formula is C7H12FNO. The van der Waals surface area contributed by atoms with Crippen LogP contribution in [0.1, 0.15) is 19.8 Å². The van der Waals surface area contributed by atoms with E-state index in [0.29, 0.717) is 19.4 Å². The third kappa shape index (κ3) is 1.46. The van der Waals surface area contributed by atoms with E-state index in [1.54, 1.807) is 0 Å². The molecule has 0 bridgehead atoms. The van der Waals surface area contributed by atoms with Crippen LogP contribution in [0.2, 0.25) is 0 Å². The fourth-order valence-corrected chi connectivity index (χ4v) is 1.02. The van der Waals surface area contributed by atoms with Crippen molar-refractivity contribution in [3.8, 4) is 0 Å². The van der Waals surface area contributed by atoms with Crippen molar-refractivity contribution < 1.29 is 9.18 Å². The van der Waals surface area contributed by atoms with Gasteiger partial charge in [0.2, 0.25) is 5.91 Å². The van der Waals surface area contributed by atoms with E-state index < -0.39 is 0 Å². The minimum atomic E-state index is -0.340. The van der Waals surface area contributed by atoms with Crippen molar-refractivity contribution >= 4 is 5.91 Å². The summed E-state index contributed by atoms with van der Waals surface area (Å²) in [7, 11) is 0. The number of halogens is 1. The van der Waals surface area contributed by atoms with Crippen LogP contribution in [0.5, 0.6) is 0 Å². The molecule has 0 aliphatic carbocycles. The van der Waals surface area contributed by atoms with Gasteiger partial charge in [-0.25, -0.2) is 0 Å². The highest BCUT2D eigenvalue weighted by Gasteiger charge is 2.29. The molecule has 0 aromatic heterocycles. The van der Waals surface area contributed by atoms with Gasteiger partial charge in [0, 0.05) is 18.4 Å². The first kappa shape index (κ1) is 7.51. The molecule has 1 aliphatic rings. The first-order valence-electron chi connectivity index (χ1n) is 3.49. The minimum Gasteiger partial charge on any atom is -0.355 e. The monoisotopic (exact) mass is 145 g/mol. The van der Waals surface area contributed by atoms with Gasteiger partial charge in [0.1, 0.15) is 0 Å². The van der Waals surface area contributed by atoms with Gasteiger partial charge in [0.15, 0.2) is 0 Å². The molecule has 1 heterocycles. The smallest absolute Gasteiger partial charge is 0.220 e. The van der Waals surface area contributed by atoms with Gasteiger partial charge in [-0.15, -0.1) is 0 Å². The Hall–Kier alpha value is -0.600. The van der Waals surface area contributed by atoms with Crippen molar-refractivity contribution in [1.29, 1.82) is 0 Å². The van der Waals surface area contributed by atoms with E-state index in [2.05, 4.69) is 5.32 Å². The Labute approximate surface area is 59.8 Å². The van der Waals surface area contributed by atoms with E-state index in [1.165, 1.54) is 0 Å². The first-order valence-corrected chi connectivity index (χ1v) is 3.49. The lowest BCUT2D eigenvalue weighted by atomic mass is 9.84. The summed E-state index contributed by atoms with van der Waals surface area (Å²) in [5.41, 5.74) is -0.298. The SMILES string of the molecule is CC1(CF)CCC(=O)NC1. The number of hydrogen-bond acceptors (Lipinski definition) is 1. The summed E-state index contributed by atoms with van der Waals surface area (Å²) in [4.78, 5) is 10.6. The fourth-order valence-electron chi connectivity index (χ4n) is 1.02. The molecule has 1 rings (SSSR count). The van der Waals surface area contributed by atoms with E-state index in [-0.39, 0.29) is 18.0 Å². The number of rotatable bonds is 1. The molecule has 1 atom stereocenters. The first-order chi connectivity index (χ1) is 4.66. The van der Waals surface area contributed by atoms with Crippen LogP contribution in [0, 0.1) is 5.41 Å². The number of carbonyl (C=O) groups excluding carboxylic acids is 1. The van der Waals surface area contributed by atoms with E-state index in [1.807, 2.05) is 6.92 Å². The molecule has 0 aromatic carbocycles. The lowest BCUT2D eigenvalue weighted by Gasteiger charge is -2.30. The van der Waals surface area contributed by atoms with Crippen LogP contribution < -0.4 is 5.32 Å². The van der Waals surface area contributed by atoms with E-state index >= 15 is 0 Å². The Morgan fingerprint density at radius 1 is 1.80 bits per heavy atom. The summed E-state index contributed by atoms with van der Waals surface area (Å²) in [6.45, 7) is 2.00. The molecule has 2 nitrogen and oxygen atoms in total. The Morgan fingerprint density at radius 3 is 2.90 bits per heavy atom. The van der Waals surface area contributed by atoms with Crippen molar-refractivity contribution in [3.63, 3.8) is 0 Å². The molecule has 0 spiro atoms. The van der Waals surface area contributed by atoms with Gasteiger partial charge in [-0.2, -0.15) is 0 Å². The molecule has 58 valence electrons. The lowest BCUT2D eigenvalue weighted by molar-refractivity contribution is -0.124. The van der Waals surface area contributed by atoms with Gasteiger partial charge in [-0.3, -0.25) is 9.18 Å². The maximum Gasteiger partial charge on any atom is 0.220 e. The minimum absolute atomic E-state index is 0.0472. The van der Waals surface area contributed by atoms with E-state index in [9.17, 15) is 9.18 Å². The second kappa shape index (κ2) is 2.56. The van der Waals surface area contributed by atoms with Gasteiger partial charge >= 0.3 is 0 Å². The van der Waals surface area contributed by atoms with Gasteiger partial charge in [0.25, 0.3) is 0 Å². The predicted octanol–water partition coefficient (Wildman–Crippen LogP) is 0.872. The molecule has 10 heavy (non-hydrogen) atoms. The topological polar surface area (TPSA) is 29.1 Å². The van der Waals surface area contributed by atoms with Crippen molar-refractivity contribution in [2.75, 3.05) is 13.2 Å². The number of piperidine rings is 1. The number of carbonyl (C=O) groups is 1. The summed E-state index contributed by atoms with van der Waals surface area (Å²) >= 11 is 0. The molecule has 3 heteroatoms. The molecule has 1 fully saturated rings. The lowest BCUT2D eigenvalue weighted by Crippen LogP contribution is -2.42. The second-order valence-corrected chi connectivity index (χ2v) is 3.22. The third-order valence-corrected chi connectivity index (χ3v) is 1.99. The van der Waals surface area contributed by atoms with Crippen LogP contribution in [0.4, 0.5) is 4.39 Å². The quantitative estimate of drug-likeness (QED) is 0.583. The highest BCUT2D eigenvalue weighted by molar-refractivity contribution is 5.76. The summed E-state index contributed by atoms with van der Waals surface area (Å²) in [5.74, 6) is 0.0472. The molecule has 0 saturated carbocycles. The van der Waals surface area contributed by atoms with Crippen molar-refractivity contribution in [2.24, 2.45) is 5.41 Å². The Bertz CT molecular complexity index is 137. The maximum atomic E-state index is 12.2. The molecule has 0 radical (unpaired) electrons. The van der Waals surface area contributed by atoms with Crippen molar-refractivity contribution in [2.45, 2.75) is 19.8 Å². The van der Waals surface area contributed by atoms with E-state index in [4.69, 9.17) is 0 Å². The zero-order chi connectivity index (χ0) is 7.61. The molecule has 1 unspecified atom stereocenters.